The molecule has 0 aliphatic carbocycles. The van der Waals surface area contributed by atoms with Crippen LogP contribution >= 0.6 is 23.2 Å². The third-order valence-corrected chi connectivity index (χ3v) is 7.56. The topological polar surface area (TPSA) is 58.4 Å². The van der Waals surface area contributed by atoms with Crippen molar-refractivity contribution in [3.05, 3.63) is 75.0 Å². The summed E-state index contributed by atoms with van der Waals surface area (Å²) in [5.74, 6) is -2.47. The van der Waals surface area contributed by atoms with Crippen molar-refractivity contribution in [3.63, 3.8) is 0 Å². The molecule has 1 aromatic heterocycles. The highest BCUT2D eigenvalue weighted by atomic mass is 35.5. The number of rotatable bonds is 7. The molecule has 1 saturated heterocycles. The van der Waals surface area contributed by atoms with Crippen LogP contribution in [0.5, 0.6) is 0 Å². The Morgan fingerprint density at radius 3 is 2.77 bits per heavy atom. The van der Waals surface area contributed by atoms with E-state index >= 15 is 0 Å². The van der Waals surface area contributed by atoms with Crippen LogP contribution < -0.4 is 0 Å². The summed E-state index contributed by atoms with van der Waals surface area (Å²) in [6, 6.07) is 6.10. The zero-order chi connectivity index (χ0) is 25.5. The Labute approximate surface area is 213 Å². The van der Waals surface area contributed by atoms with E-state index in [1.807, 2.05) is 0 Å². The molecule has 1 amide bonds. The first-order chi connectivity index (χ1) is 16.6. The zero-order valence-electron chi connectivity index (χ0n) is 19.6. The highest BCUT2D eigenvalue weighted by Gasteiger charge is 2.30. The van der Waals surface area contributed by atoms with E-state index in [9.17, 15) is 18.7 Å². The molecule has 0 bridgehead atoms. The highest BCUT2D eigenvalue weighted by molar-refractivity contribution is 6.38. The van der Waals surface area contributed by atoms with Crippen molar-refractivity contribution in [2.24, 2.45) is 13.0 Å². The predicted molar refractivity (Wildman–Crippen MR) is 135 cm³/mol. The molecule has 0 radical (unpaired) electrons. The molecule has 35 heavy (non-hydrogen) atoms. The first-order valence-electron chi connectivity index (χ1n) is 11.4. The number of nitrogens with zero attached hydrogens (tertiary/aromatic N) is 3. The molecule has 2 aromatic carbocycles. The van der Waals surface area contributed by atoms with Crippen LogP contribution in [0.4, 0.5) is 8.78 Å². The zero-order valence-corrected chi connectivity index (χ0v) is 21.1. The molecule has 9 heteroatoms. The number of hydrogen-bond acceptors (Lipinski definition) is 3. The fraction of sp³-hybridized carbons (Fsp3) is 0.385. The molecule has 1 N–H and O–H groups in total. The third kappa shape index (κ3) is 4.82. The number of hydrogen-bond donors (Lipinski definition) is 1. The Morgan fingerprint density at radius 1 is 1.34 bits per heavy atom. The Morgan fingerprint density at radius 2 is 2.09 bits per heavy atom. The molecule has 1 aliphatic rings. The van der Waals surface area contributed by atoms with Gasteiger partial charge in [-0.1, -0.05) is 29.8 Å². The van der Waals surface area contributed by atoms with Crippen LogP contribution in [-0.2, 0) is 19.4 Å². The second-order valence-corrected chi connectivity index (χ2v) is 9.84. The number of alkyl halides is 2. The number of aliphatic hydroxyl groups excluding tert-OH is 1. The third-order valence-electron chi connectivity index (χ3n) is 6.77. The van der Waals surface area contributed by atoms with Crippen LogP contribution in [0.3, 0.4) is 0 Å². The van der Waals surface area contributed by atoms with Gasteiger partial charge in [0.05, 0.1) is 21.6 Å². The smallest absolute Gasteiger partial charge is 0.291 e. The molecule has 0 saturated carbocycles. The summed E-state index contributed by atoms with van der Waals surface area (Å²) in [5.41, 5.74) is 2.55. The van der Waals surface area contributed by atoms with Crippen molar-refractivity contribution in [3.8, 4) is 0 Å². The monoisotopic (exact) mass is 521 g/mol. The van der Waals surface area contributed by atoms with Crippen LogP contribution in [0.2, 0.25) is 10.0 Å². The lowest BCUT2D eigenvalue weighted by molar-refractivity contribution is 0.0526. The number of halogens is 4. The van der Waals surface area contributed by atoms with Crippen LogP contribution in [0.1, 0.15) is 45.7 Å². The van der Waals surface area contributed by atoms with E-state index in [0.29, 0.717) is 64.2 Å². The number of benzene rings is 2. The Hall–Kier alpha value is -2.48. The van der Waals surface area contributed by atoms with Gasteiger partial charge in [-0.2, -0.15) is 8.78 Å². The Kier molecular flexibility index (Phi) is 7.23. The lowest BCUT2D eigenvalue weighted by Gasteiger charge is -2.19. The summed E-state index contributed by atoms with van der Waals surface area (Å²) >= 11 is 13.2. The Bertz CT molecular complexity index is 1310. The number of aromatic nitrogens is 2. The lowest BCUT2D eigenvalue weighted by atomic mass is 10.0. The standard InChI is InChI=1S/C26H27Cl2F2N3O2/c1-4-26(29,30)17-11-15(2)24-21(12-17)32(3)22(31-24)13-19-20(27)6-5-18(23(19)28)25(35)33-9-7-16(14-33)8-10-34/h4-6,11-12,16,34H,1,7-10,13-14H2,2-3H3. The minimum atomic E-state index is -3.16. The van der Waals surface area contributed by atoms with Crippen LogP contribution in [-0.4, -0.2) is 45.2 Å². The summed E-state index contributed by atoms with van der Waals surface area (Å²) in [6.45, 7) is 6.27. The summed E-state index contributed by atoms with van der Waals surface area (Å²) in [5, 5.41) is 9.85. The fourth-order valence-electron chi connectivity index (χ4n) is 4.66. The van der Waals surface area contributed by atoms with Crippen molar-refractivity contribution >= 4 is 40.1 Å². The van der Waals surface area contributed by atoms with E-state index in [1.165, 1.54) is 12.1 Å². The van der Waals surface area contributed by atoms with Crippen molar-refractivity contribution in [1.29, 1.82) is 0 Å². The largest absolute Gasteiger partial charge is 0.396 e. The van der Waals surface area contributed by atoms with Gasteiger partial charge < -0.3 is 14.6 Å². The summed E-state index contributed by atoms with van der Waals surface area (Å²) in [6.07, 6.45) is 2.36. The van der Waals surface area contributed by atoms with Gasteiger partial charge in [-0.25, -0.2) is 4.98 Å². The maximum absolute atomic E-state index is 14.3. The van der Waals surface area contributed by atoms with Gasteiger partial charge in [0, 0.05) is 43.8 Å². The molecule has 5 nitrogen and oxygen atoms in total. The number of likely N-dealkylation sites (tertiary alicyclic amines) is 1. The van der Waals surface area contributed by atoms with Gasteiger partial charge in [0.2, 0.25) is 0 Å². The van der Waals surface area contributed by atoms with E-state index in [0.717, 1.165) is 6.42 Å². The average molecular weight is 522 g/mol. The number of carbonyl (C=O) groups is 1. The Balaban J connectivity index is 1.68. The molecule has 1 atom stereocenters. The molecule has 0 spiro atoms. The number of aliphatic hydroxyl groups is 1. The molecule has 1 fully saturated rings. The van der Waals surface area contributed by atoms with E-state index in [1.54, 1.807) is 35.6 Å². The maximum atomic E-state index is 14.3. The molecular formula is C26H27Cl2F2N3O2. The van der Waals surface area contributed by atoms with Crippen molar-refractivity contribution in [2.45, 2.75) is 32.1 Å². The second kappa shape index (κ2) is 9.88. The number of amides is 1. The second-order valence-electron chi connectivity index (χ2n) is 9.06. The van der Waals surface area contributed by atoms with Crippen molar-refractivity contribution < 1.29 is 18.7 Å². The number of fused-ring (bicyclic) bond motifs is 1. The van der Waals surface area contributed by atoms with Gasteiger partial charge in [0.1, 0.15) is 5.82 Å². The van der Waals surface area contributed by atoms with E-state index < -0.39 is 5.92 Å². The lowest BCUT2D eigenvalue weighted by Crippen LogP contribution is -2.29. The first-order valence-corrected chi connectivity index (χ1v) is 12.2. The normalized spacial score (nSPS) is 16.3. The minimum Gasteiger partial charge on any atom is -0.396 e. The van der Waals surface area contributed by atoms with Gasteiger partial charge >= 0.3 is 0 Å². The maximum Gasteiger partial charge on any atom is 0.291 e. The van der Waals surface area contributed by atoms with Crippen molar-refractivity contribution in [1.82, 2.24) is 14.5 Å². The molecule has 186 valence electrons. The van der Waals surface area contributed by atoms with E-state index in [4.69, 9.17) is 23.2 Å². The SMILES string of the molecule is C=CC(F)(F)c1cc(C)c2nc(Cc3c(Cl)ccc(C(=O)N4CCC(CCO)C4)c3Cl)n(C)c2c1. The first kappa shape index (κ1) is 25.6. The highest BCUT2D eigenvalue weighted by Crippen LogP contribution is 2.35. The van der Waals surface area contributed by atoms with E-state index in [2.05, 4.69) is 11.6 Å². The van der Waals surface area contributed by atoms with Gasteiger partial charge in [0.15, 0.2) is 0 Å². The molecular weight excluding hydrogens is 495 g/mol. The molecule has 4 rings (SSSR count). The molecule has 1 aliphatic heterocycles. The minimum absolute atomic E-state index is 0.1000. The number of imidazole rings is 1. The van der Waals surface area contributed by atoms with E-state index in [-0.39, 0.29) is 35.4 Å². The van der Waals surface area contributed by atoms with Gasteiger partial charge in [0.25, 0.3) is 11.8 Å². The summed E-state index contributed by atoms with van der Waals surface area (Å²) in [7, 11) is 1.75. The number of carbonyl (C=O) groups excluding carboxylic acids is 1. The quantitative estimate of drug-likeness (QED) is 0.393. The van der Waals surface area contributed by atoms with Gasteiger partial charge in [-0.15, -0.1) is 0 Å². The molecule has 2 heterocycles. The molecule has 1 unspecified atom stereocenters. The van der Waals surface area contributed by atoms with Gasteiger partial charge in [-0.3, -0.25) is 4.79 Å². The number of allylic oxidation sites excluding steroid dienone is 1. The van der Waals surface area contributed by atoms with Crippen molar-refractivity contribution in [2.75, 3.05) is 19.7 Å². The fourth-order valence-corrected chi connectivity index (χ4v) is 5.25. The van der Waals surface area contributed by atoms with Gasteiger partial charge in [-0.05, 0) is 67.2 Å². The predicted octanol–water partition coefficient (Wildman–Crippen LogP) is 5.90. The van der Waals surface area contributed by atoms with Crippen LogP contribution in [0.25, 0.3) is 11.0 Å². The summed E-state index contributed by atoms with van der Waals surface area (Å²) in [4.78, 5) is 19.6. The van der Waals surface area contributed by atoms with Crippen LogP contribution in [0.15, 0.2) is 36.9 Å². The summed E-state index contributed by atoms with van der Waals surface area (Å²) < 4.78 is 30.3. The molecule has 3 aromatic rings. The average Bonchev–Trinajstić information content (AvgIpc) is 3.42. The van der Waals surface area contributed by atoms with Crippen LogP contribution in [0, 0.1) is 12.8 Å². The number of aryl methyl sites for hydroxylation is 2.